The molecular weight excluding hydrogens is 320 g/mol. The molecule has 128 valence electrons. The van der Waals surface area contributed by atoms with Gasteiger partial charge < -0.3 is 19.3 Å². The minimum absolute atomic E-state index is 0.0887. The van der Waals surface area contributed by atoms with Crippen molar-refractivity contribution in [2.45, 2.75) is 36.4 Å². The first-order valence-electron chi connectivity index (χ1n) is 8.46. The molecule has 5 heteroatoms. The van der Waals surface area contributed by atoms with Crippen molar-refractivity contribution in [1.82, 2.24) is 0 Å². The van der Waals surface area contributed by atoms with Crippen molar-refractivity contribution in [2.24, 2.45) is 0 Å². The molecule has 25 heavy (non-hydrogen) atoms. The molecule has 0 amide bonds. The van der Waals surface area contributed by atoms with E-state index < -0.39 is 23.3 Å². The highest BCUT2D eigenvalue weighted by Crippen LogP contribution is 2.62. The van der Waals surface area contributed by atoms with Gasteiger partial charge in [-0.1, -0.05) is 54.6 Å². The van der Waals surface area contributed by atoms with Gasteiger partial charge in [0, 0.05) is 6.42 Å². The Balaban J connectivity index is 1.46. The van der Waals surface area contributed by atoms with Crippen LogP contribution in [0.1, 0.15) is 35.1 Å². The number of ether oxygens (including phenoxy) is 3. The fourth-order valence-electron chi connectivity index (χ4n) is 4.41. The van der Waals surface area contributed by atoms with Crippen LogP contribution >= 0.6 is 0 Å². The van der Waals surface area contributed by atoms with E-state index in [-0.39, 0.29) is 19.1 Å². The molecule has 2 fully saturated rings. The van der Waals surface area contributed by atoms with E-state index in [0.29, 0.717) is 6.61 Å². The fraction of sp³-hybridized carbons (Fsp3) is 0.350. The molecule has 3 heterocycles. The van der Waals surface area contributed by atoms with E-state index >= 15 is 0 Å². The Kier molecular flexibility index (Phi) is 3.10. The van der Waals surface area contributed by atoms with Gasteiger partial charge in [-0.3, -0.25) is 0 Å². The van der Waals surface area contributed by atoms with Crippen LogP contribution in [-0.2, 0) is 25.6 Å². The second-order valence-corrected chi connectivity index (χ2v) is 6.98. The average molecular weight is 338 g/mol. The van der Waals surface area contributed by atoms with Crippen LogP contribution < -0.4 is 0 Å². The molecule has 4 atom stereocenters. The SMILES string of the molecule is O=C1O[C@@]2(COCc3ccccc3)O[C@@H]3C[C@@]1(O)[C@H]2c1ccccc13. The van der Waals surface area contributed by atoms with Gasteiger partial charge >= 0.3 is 5.97 Å². The molecule has 2 saturated heterocycles. The van der Waals surface area contributed by atoms with Crippen LogP contribution in [0.4, 0.5) is 0 Å². The Morgan fingerprint density at radius 1 is 1.08 bits per heavy atom. The first kappa shape index (κ1) is 15.1. The third-order valence-corrected chi connectivity index (χ3v) is 5.44. The summed E-state index contributed by atoms with van der Waals surface area (Å²) in [5.74, 6) is -2.43. The second kappa shape index (κ2) is 5.14. The number of hydrogen-bond donors (Lipinski definition) is 1. The van der Waals surface area contributed by atoms with Crippen molar-refractivity contribution in [3.63, 3.8) is 0 Å². The molecule has 0 spiro atoms. The lowest BCUT2D eigenvalue weighted by atomic mass is 9.66. The quantitative estimate of drug-likeness (QED) is 0.868. The van der Waals surface area contributed by atoms with Crippen molar-refractivity contribution in [2.75, 3.05) is 6.61 Å². The van der Waals surface area contributed by atoms with Gasteiger partial charge in [0.2, 0.25) is 5.79 Å². The van der Waals surface area contributed by atoms with Crippen molar-refractivity contribution in [1.29, 1.82) is 0 Å². The molecule has 1 N–H and O–H groups in total. The zero-order valence-electron chi connectivity index (χ0n) is 13.6. The Morgan fingerprint density at radius 3 is 2.60 bits per heavy atom. The van der Waals surface area contributed by atoms with Crippen LogP contribution in [0.3, 0.4) is 0 Å². The van der Waals surface area contributed by atoms with Crippen molar-refractivity contribution >= 4 is 5.97 Å². The number of esters is 1. The Morgan fingerprint density at radius 2 is 1.80 bits per heavy atom. The predicted molar refractivity (Wildman–Crippen MR) is 87.5 cm³/mol. The largest absolute Gasteiger partial charge is 0.427 e. The minimum atomic E-state index is -1.53. The summed E-state index contributed by atoms with van der Waals surface area (Å²) in [6, 6.07) is 17.5. The molecule has 4 aliphatic rings. The van der Waals surface area contributed by atoms with E-state index in [9.17, 15) is 9.90 Å². The summed E-state index contributed by atoms with van der Waals surface area (Å²) in [6.07, 6.45) is -0.133. The van der Waals surface area contributed by atoms with E-state index in [0.717, 1.165) is 16.7 Å². The zero-order valence-corrected chi connectivity index (χ0v) is 13.6. The number of rotatable bonds is 4. The van der Waals surface area contributed by atoms with Crippen LogP contribution in [0.2, 0.25) is 0 Å². The van der Waals surface area contributed by atoms with Crippen molar-refractivity contribution in [3.05, 3.63) is 71.3 Å². The van der Waals surface area contributed by atoms with Gasteiger partial charge in [-0.2, -0.15) is 0 Å². The number of carbonyl (C=O) groups is 1. The molecule has 4 bridgehead atoms. The molecule has 0 saturated carbocycles. The lowest BCUT2D eigenvalue weighted by Crippen LogP contribution is -2.57. The van der Waals surface area contributed by atoms with Crippen molar-refractivity contribution in [3.8, 4) is 0 Å². The second-order valence-electron chi connectivity index (χ2n) is 6.98. The first-order valence-corrected chi connectivity index (χ1v) is 8.46. The smallest absolute Gasteiger partial charge is 0.341 e. The summed E-state index contributed by atoms with van der Waals surface area (Å²) in [5.41, 5.74) is 1.43. The minimum Gasteiger partial charge on any atom is -0.427 e. The molecule has 0 unspecified atom stereocenters. The van der Waals surface area contributed by atoms with Gasteiger partial charge in [0.1, 0.15) is 6.61 Å². The maximum absolute atomic E-state index is 12.4. The lowest BCUT2D eigenvalue weighted by molar-refractivity contribution is -0.288. The third kappa shape index (κ3) is 2.03. The maximum atomic E-state index is 12.4. The summed E-state index contributed by atoms with van der Waals surface area (Å²) >= 11 is 0. The summed E-state index contributed by atoms with van der Waals surface area (Å²) < 4.78 is 17.5. The van der Waals surface area contributed by atoms with Crippen LogP contribution in [0, 0.1) is 0 Å². The topological polar surface area (TPSA) is 65.0 Å². The van der Waals surface area contributed by atoms with Gasteiger partial charge in [0.15, 0.2) is 5.60 Å². The zero-order chi connectivity index (χ0) is 17.1. The lowest BCUT2D eigenvalue weighted by Gasteiger charge is -2.49. The predicted octanol–water partition coefficient (Wildman–Crippen LogP) is 2.45. The summed E-state index contributed by atoms with van der Waals surface area (Å²) in [5, 5.41) is 11.0. The van der Waals surface area contributed by atoms with Crippen LogP contribution in [0.25, 0.3) is 0 Å². The molecule has 5 nitrogen and oxygen atoms in total. The normalized spacial score (nSPS) is 34.7. The number of aliphatic hydroxyl groups is 1. The highest BCUT2D eigenvalue weighted by atomic mass is 16.8. The summed E-state index contributed by atoms with van der Waals surface area (Å²) in [6.45, 7) is 0.479. The van der Waals surface area contributed by atoms with E-state index in [4.69, 9.17) is 14.2 Å². The molecule has 0 aromatic heterocycles. The monoisotopic (exact) mass is 338 g/mol. The molecular formula is C20H18O5. The van der Waals surface area contributed by atoms with Gasteiger partial charge in [-0.05, 0) is 16.7 Å². The summed E-state index contributed by atoms with van der Waals surface area (Å²) in [4.78, 5) is 12.4. The van der Waals surface area contributed by atoms with Crippen LogP contribution in [0.15, 0.2) is 54.6 Å². The third-order valence-electron chi connectivity index (χ3n) is 5.44. The summed E-state index contributed by atoms with van der Waals surface area (Å²) in [7, 11) is 0. The Hall–Kier alpha value is -2.21. The Labute approximate surface area is 145 Å². The molecule has 1 aliphatic carbocycles. The number of hydrogen-bond acceptors (Lipinski definition) is 5. The van der Waals surface area contributed by atoms with Crippen LogP contribution in [-0.4, -0.2) is 29.1 Å². The first-order chi connectivity index (χ1) is 12.1. The molecule has 3 aliphatic heterocycles. The highest BCUT2D eigenvalue weighted by molar-refractivity contribution is 5.86. The van der Waals surface area contributed by atoms with E-state index in [1.165, 1.54) is 0 Å². The van der Waals surface area contributed by atoms with Gasteiger partial charge in [0.25, 0.3) is 0 Å². The fourth-order valence-corrected chi connectivity index (χ4v) is 4.41. The van der Waals surface area contributed by atoms with E-state index in [2.05, 4.69) is 0 Å². The van der Waals surface area contributed by atoms with Crippen molar-refractivity contribution < 1.29 is 24.1 Å². The average Bonchev–Trinajstić information content (AvgIpc) is 2.78. The highest BCUT2D eigenvalue weighted by Gasteiger charge is 2.73. The number of carbonyl (C=O) groups excluding carboxylic acids is 1. The molecule has 2 aromatic carbocycles. The maximum Gasteiger partial charge on any atom is 0.341 e. The standard InChI is InChI=1S/C20H18O5/c21-18-19(22)10-16-14-8-4-5-9-15(14)17(19)20(24-16,25-18)12-23-11-13-6-2-1-3-7-13/h1-9,16-17,22H,10-12H2/t16-,17-,19-,20-/m1/s1. The molecule has 6 rings (SSSR count). The molecule has 2 aromatic rings. The number of benzene rings is 2. The van der Waals surface area contributed by atoms with Crippen LogP contribution in [0.5, 0.6) is 0 Å². The van der Waals surface area contributed by atoms with Gasteiger partial charge in [-0.25, -0.2) is 4.79 Å². The van der Waals surface area contributed by atoms with E-state index in [1.807, 2.05) is 54.6 Å². The molecule has 0 radical (unpaired) electrons. The van der Waals surface area contributed by atoms with E-state index in [1.54, 1.807) is 0 Å². The Bertz CT molecular complexity index is 835. The van der Waals surface area contributed by atoms with Gasteiger partial charge in [0.05, 0.1) is 18.6 Å². The van der Waals surface area contributed by atoms with Gasteiger partial charge in [-0.15, -0.1) is 0 Å².